The highest BCUT2D eigenvalue weighted by atomic mass is 127. The van der Waals surface area contributed by atoms with Crippen LogP contribution in [0.5, 0.6) is 5.75 Å². The van der Waals surface area contributed by atoms with Gasteiger partial charge in [-0.1, -0.05) is 71.1 Å². The summed E-state index contributed by atoms with van der Waals surface area (Å²) in [7, 11) is 3.19. The lowest BCUT2D eigenvalue weighted by atomic mass is 10.0. The highest BCUT2D eigenvalue weighted by Gasteiger charge is 2.32. The summed E-state index contributed by atoms with van der Waals surface area (Å²) in [6, 6.07) is 21.6. The van der Waals surface area contributed by atoms with Crippen molar-refractivity contribution in [2.45, 2.75) is 29.1 Å². The van der Waals surface area contributed by atoms with Crippen molar-refractivity contribution in [1.29, 1.82) is 0 Å². The predicted octanol–water partition coefficient (Wildman–Crippen LogP) is 6.82. The summed E-state index contributed by atoms with van der Waals surface area (Å²) in [4.78, 5) is 15.1. The number of hydrogen-bond donors (Lipinski definition) is 1. The molecule has 0 aliphatic carbocycles. The fourth-order valence-corrected chi connectivity index (χ4v) is 4.69. The molecule has 0 spiro atoms. The van der Waals surface area contributed by atoms with Crippen molar-refractivity contribution in [3.05, 3.63) is 95.6 Å². The maximum Gasteiger partial charge on any atom is 0.416 e. The van der Waals surface area contributed by atoms with E-state index in [1.165, 1.54) is 12.1 Å². The van der Waals surface area contributed by atoms with Crippen LogP contribution in [0, 0.1) is 0 Å². The Morgan fingerprint density at radius 1 is 1.03 bits per heavy atom. The van der Waals surface area contributed by atoms with Gasteiger partial charge in [-0.3, -0.25) is 4.79 Å². The molecule has 0 saturated carbocycles. The van der Waals surface area contributed by atoms with E-state index in [0.29, 0.717) is 18.6 Å². The van der Waals surface area contributed by atoms with Crippen LogP contribution in [0.25, 0.3) is 0 Å². The number of carbonyl (C=O) groups excluding carboxylic acids is 1. The number of anilines is 1. The molecule has 3 rings (SSSR count). The van der Waals surface area contributed by atoms with Crippen molar-refractivity contribution in [3.63, 3.8) is 0 Å². The number of nitrogens with one attached hydrogen (secondary N) is 1. The van der Waals surface area contributed by atoms with Gasteiger partial charge < -0.3 is 15.0 Å². The SMILES string of the molecule is CNC(=O)C(c1ccccc1)N(c1cccc(OC)c1)[C@@H](I)CCc1ccc(C(F)(F)F)cc1.Cl. The maximum absolute atomic E-state index is 13.1. The zero-order valence-electron chi connectivity index (χ0n) is 19.3. The smallest absolute Gasteiger partial charge is 0.416 e. The third-order valence-corrected chi connectivity index (χ3v) is 6.72. The first-order chi connectivity index (χ1) is 16.2. The number of ether oxygens (including phenoxy) is 1. The van der Waals surface area contributed by atoms with Crippen molar-refractivity contribution in [2.24, 2.45) is 0 Å². The number of methoxy groups -OCH3 is 1. The van der Waals surface area contributed by atoms with E-state index in [0.717, 1.165) is 28.9 Å². The van der Waals surface area contributed by atoms with Crippen LogP contribution in [-0.4, -0.2) is 24.1 Å². The van der Waals surface area contributed by atoms with Crippen LogP contribution >= 0.6 is 35.0 Å². The van der Waals surface area contributed by atoms with Crippen LogP contribution in [0.15, 0.2) is 78.9 Å². The quantitative estimate of drug-likeness (QED) is 0.163. The first-order valence-electron chi connectivity index (χ1n) is 10.7. The lowest BCUT2D eigenvalue weighted by molar-refractivity contribution is -0.137. The molecule has 35 heavy (non-hydrogen) atoms. The molecule has 1 unspecified atom stereocenters. The highest BCUT2D eigenvalue weighted by molar-refractivity contribution is 14.1. The lowest BCUT2D eigenvalue weighted by Crippen LogP contribution is -2.43. The number of rotatable bonds is 9. The Morgan fingerprint density at radius 3 is 2.26 bits per heavy atom. The molecule has 1 N–H and O–H groups in total. The largest absolute Gasteiger partial charge is 0.497 e. The van der Waals surface area contributed by atoms with Gasteiger partial charge >= 0.3 is 6.18 Å². The van der Waals surface area contributed by atoms with E-state index in [4.69, 9.17) is 4.74 Å². The fourth-order valence-electron chi connectivity index (χ4n) is 3.74. The number of alkyl halides is 4. The summed E-state index contributed by atoms with van der Waals surface area (Å²) in [6.45, 7) is 0. The van der Waals surface area contributed by atoms with E-state index < -0.39 is 17.8 Å². The molecule has 188 valence electrons. The molecule has 9 heteroatoms. The standard InChI is InChI=1S/C26H26F3IN2O2.ClH/c1-31-25(33)24(19-7-4-3-5-8-19)32(21-9-6-10-22(17-21)34-2)23(30)16-13-18-11-14-20(15-12-18)26(27,28)29;/h3-12,14-15,17,23-24H,13,16H2,1-2H3,(H,31,33);1H/t23-,24?;/m1./s1. The zero-order valence-corrected chi connectivity index (χ0v) is 22.2. The summed E-state index contributed by atoms with van der Waals surface area (Å²) in [5, 5.41) is 2.77. The Morgan fingerprint density at radius 2 is 1.69 bits per heavy atom. The number of benzene rings is 3. The second kappa shape index (κ2) is 13.0. The topological polar surface area (TPSA) is 41.6 Å². The predicted molar refractivity (Wildman–Crippen MR) is 144 cm³/mol. The van der Waals surface area contributed by atoms with E-state index >= 15 is 0 Å². The van der Waals surface area contributed by atoms with Crippen molar-refractivity contribution in [1.82, 2.24) is 5.32 Å². The summed E-state index contributed by atoms with van der Waals surface area (Å²) in [6.07, 6.45) is -3.19. The molecule has 0 saturated heterocycles. The van der Waals surface area contributed by atoms with Crippen LogP contribution < -0.4 is 15.0 Å². The molecular weight excluding hydrogens is 592 g/mol. The van der Waals surface area contributed by atoms with Crippen LogP contribution in [0.4, 0.5) is 18.9 Å². The second-order valence-electron chi connectivity index (χ2n) is 7.70. The number of likely N-dealkylation sites (N-methyl/N-ethyl adjacent to an activating group) is 1. The number of halogens is 5. The van der Waals surface area contributed by atoms with Gasteiger partial charge in [-0.25, -0.2) is 0 Å². The van der Waals surface area contributed by atoms with Crippen LogP contribution in [0.1, 0.15) is 29.2 Å². The molecule has 1 amide bonds. The molecule has 0 radical (unpaired) electrons. The molecule has 0 heterocycles. The van der Waals surface area contributed by atoms with Crippen molar-refractivity contribution in [2.75, 3.05) is 19.1 Å². The molecule has 3 aromatic carbocycles. The number of amides is 1. The van der Waals surface area contributed by atoms with Gasteiger partial charge in [0.25, 0.3) is 0 Å². The van der Waals surface area contributed by atoms with Gasteiger partial charge in [0.2, 0.25) is 5.91 Å². The summed E-state index contributed by atoms with van der Waals surface area (Å²) in [5.41, 5.74) is 1.78. The summed E-state index contributed by atoms with van der Waals surface area (Å²) >= 11 is 2.29. The number of carbonyl (C=O) groups is 1. The number of aryl methyl sites for hydroxylation is 1. The van der Waals surface area contributed by atoms with Crippen molar-refractivity contribution < 1.29 is 22.7 Å². The monoisotopic (exact) mass is 618 g/mol. The van der Waals surface area contributed by atoms with E-state index in [-0.39, 0.29) is 22.4 Å². The Labute approximate surface area is 223 Å². The van der Waals surface area contributed by atoms with Crippen LogP contribution in [0.2, 0.25) is 0 Å². The molecule has 0 aliphatic rings. The fraction of sp³-hybridized carbons (Fsp3) is 0.269. The minimum Gasteiger partial charge on any atom is -0.497 e. The molecule has 2 atom stereocenters. The van der Waals surface area contributed by atoms with Gasteiger partial charge in [0.05, 0.1) is 16.7 Å². The minimum absolute atomic E-state index is 0. The van der Waals surface area contributed by atoms with Gasteiger partial charge in [0.15, 0.2) is 0 Å². The van der Waals surface area contributed by atoms with Gasteiger partial charge in [-0.15, -0.1) is 12.4 Å². The maximum atomic E-state index is 13.1. The Kier molecular flexibility index (Phi) is 10.7. The molecule has 3 aromatic rings. The molecule has 0 aromatic heterocycles. The minimum atomic E-state index is -4.36. The molecule has 0 bridgehead atoms. The lowest BCUT2D eigenvalue weighted by Gasteiger charge is -2.37. The Hall–Kier alpha value is -2.46. The van der Waals surface area contributed by atoms with E-state index in [1.807, 2.05) is 59.5 Å². The van der Waals surface area contributed by atoms with Crippen LogP contribution in [0.3, 0.4) is 0 Å². The van der Waals surface area contributed by atoms with Gasteiger partial charge in [0, 0.05) is 18.8 Å². The normalized spacial score (nSPS) is 12.7. The van der Waals surface area contributed by atoms with Crippen molar-refractivity contribution >= 4 is 46.6 Å². The second-order valence-corrected chi connectivity index (χ2v) is 9.14. The molecular formula is C26H27ClF3IN2O2. The zero-order chi connectivity index (χ0) is 24.7. The number of hydrogen-bond acceptors (Lipinski definition) is 3. The Balaban J connectivity index is 0.00000432. The third kappa shape index (κ3) is 7.51. The molecule has 0 fully saturated rings. The van der Waals surface area contributed by atoms with Gasteiger partial charge in [-0.2, -0.15) is 13.2 Å². The third-order valence-electron chi connectivity index (χ3n) is 5.49. The van der Waals surface area contributed by atoms with E-state index in [9.17, 15) is 18.0 Å². The van der Waals surface area contributed by atoms with E-state index in [1.54, 1.807) is 14.2 Å². The average Bonchev–Trinajstić information content (AvgIpc) is 2.85. The average molecular weight is 619 g/mol. The summed E-state index contributed by atoms with van der Waals surface area (Å²) < 4.78 is 43.9. The highest BCUT2D eigenvalue weighted by Crippen LogP contribution is 2.36. The van der Waals surface area contributed by atoms with E-state index in [2.05, 4.69) is 27.9 Å². The van der Waals surface area contributed by atoms with Gasteiger partial charge in [-0.05, 0) is 48.2 Å². The molecule has 0 aliphatic heterocycles. The summed E-state index contributed by atoms with van der Waals surface area (Å²) in [5.74, 6) is 0.503. The first kappa shape index (κ1) is 28.8. The molecule has 4 nitrogen and oxygen atoms in total. The van der Waals surface area contributed by atoms with Gasteiger partial charge in [0.1, 0.15) is 11.8 Å². The van der Waals surface area contributed by atoms with Crippen molar-refractivity contribution in [3.8, 4) is 5.75 Å². The van der Waals surface area contributed by atoms with Crippen LogP contribution in [-0.2, 0) is 17.4 Å². The Bertz CT molecular complexity index is 1080. The number of nitrogens with zero attached hydrogens (tertiary/aromatic N) is 1. The first-order valence-corrected chi connectivity index (χ1v) is 12.0.